The summed E-state index contributed by atoms with van der Waals surface area (Å²) in [5, 5.41) is 0.320. The number of hydrogen-bond acceptors (Lipinski definition) is 2. The normalized spacial score (nSPS) is 20.5. The van der Waals surface area contributed by atoms with Gasteiger partial charge >= 0.3 is 0 Å². The summed E-state index contributed by atoms with van der Waals surface area (Å²) in [6, 6.07) is 4.11. The van der Waals surface area contributed by atoms with Gasteiger partial charge in [0.25, 0.3) is 0 Å². The summed E-state index contributed by atoms with van der Waals surface area (Å²) in [6.45, 7) is 0. The summed E-state index contributed by atoms with van der Waals surface area (Å²) in [4.78, 5) is 11.9. The predicted molar refractivity (Wildman–Crippen MR) is 61.2 cm³/mol. The molecule has 0 radical (unpaired) electrons. The molecule has 1 aliphatic heterocycles. The highest BCUT2D eigenvalue weighted by atomic mass is 35.5. The largest absolute Gasteiger partial charge is 0.293 e. The second-order valence-corrected chi connectivity index (χ2v) is 5.24. The average molecular weight is 245 g/mol. The number of thioether (sulfide) groups is 1. The van der Waals surface area contributed by atoms with Gasteiger partial charge in [0.05, 0.1) is 10.8 Å². The number of rotatable bonds is 2. The van der Waals surface area contributed by atoms with Crippen molar-refractivity contribution in [1.82, 2.24) is 0 Å². The molecule has 1 saturated heterocycles. The van der Waals surface area contributed by atoms with Gasteiger partial charge in [0.15, 0.2) is 5.78 Å². The topological polar surface area (TPSA) is 17.1 Å². The maximum atomic E-state index is 13.4. The van der Waals surface area contributed by atoms with Crippen molar-refractivity contribution in [2.24, 2.45) is 0 Å². The van der Waals surface area contributed by atoms with Crippen molar-refractivity contribution in [3.05, 3.63) is 34.6 Å². The van der Waals surface area contributed by atoms with Crippen LogP contribution in [0.1, 0.15) is 23.2 Å². The van der Waals surface area contributed by atoms with E-state index >= 15 is 0 Å². The lowest BCUT2D eigenvalue weighted by molar-refractivity contribution is 0.0984. The first-order chi connectivity index (χ1) is 7.18. The summed E-state index contributed by atoms with van der Waals surface area (Å²) in [6.07, 6.45) is 1.87. The van der Waals surface area contributed by atoms with Crippen LogP contribution in [0.5, 0.6) is 0 Å². The van der Waals surface area contributed by atoms with E-state index in [1.54, 1.807) is 11.8 Å². The zero-order valence-electron chi connectivity index (χ0n) is 8.00. The molecular weight excluding hydrogens is 235 g/mol. The van der Waals surface area contributed by atoms with E-state index in [1.807, 2.05) is 0 Å². The minimum absolute atomic E-state index is 0.0852. The molecule has 0 bridgehead atoms. The summed E-state index contributed by atoms with van der Waals surface area (Å²) in [5.74, 6) is 0.382. The second kappa shape index (κ2) is 4.54. The van der Waals surface area contributed by atoms with Gasteiger partial charge in [0.2, 0.25) is 0 Å². The molecule has 0 amide bonds. The van der Waals surface area contributed by atoms with E-state index in [2.05, 4.69) is 0 Å². The maximum Gasteiger partial charge on any atom is 0.178 e. The summed E-state index contributed by atoms with van der Waals surface area (Å²) < 4.78 is 13.4. The molecule has 80 valence electrons. The standard InChI is InChI=1S/C11H10ClFOS/c12-7-3-4-9(13)8(6-7)11(14)10-2-1-5-15-10/h3-4,6,10H,1-2,5H2. The molecule has 1 nitrogen and oxygen atoms in total. The lowest BCUT2D eigenvalue weighted by atomic mass is 10.1. The number of hydrogen-bond donors (Lipinski definition) is 0. The van der Waals surface area contributed by atoms with E-state index in [9.17, 15) is 9.18 Å². The molecule has 1 atom stereocenters. The van der Waals surface area contributed by atoms with E-state index in [0.717, 1.165) is 18.6 Å². The van der Waals surface area contributed by atoms with E-state index < -0.39 is 5.82 Å². The number of halogens is 2. The molecule has 4 heteroatoms. The Morgan fingerprint density at radius 3 is 3.00 bits per heavy atom. The molecule has 1 aromatic carbocycles. The van der Waals surface area contributed by atoms with Crippen molar-refractivity contribution in [1.29, 1.82) is 0 Å². The van der Waals surface area contributed by atoms with Crippen LogP contribution in [0, 0.1) is 5.82 Å². The molecule has 1 aromatic rings. The second-order valence-electron chi connectivity index (χ2n) is 3.49. The van der Waals surface area contributed by atoms with E-state index in [1.165, 1.54) is 18.2 Å². The monoisotopic (exact) mass is 244 g/mol. The highest BCUT2D eigenvalue weighted by Crippen LogP contribution is 2.30. The van der Waals surface area contributed by atoms with Crippen LogP contribution >= 0.6 is 23.4 Å². The molecule has 0 aromatic heterocycles. The van der Waals surface area contributed by atoms with Gasteiger partial charge in [-0.15, -0.1) is 0 Å². The van der Waals surface area contributed by atoms with Crippen LogP contribution in [0.4, 0.5) is 4.39 Å². The zero-order valence-corrected chi connectivity index (χ0v) is 9.58. The van der Waals surface area contributed by atoms with Gasteiger partial charge in [0.1, 0.15) is 5.82 Å². The van der Waals surface area contributed by atoms with Crippen molar-refractivity contribution in [3.8, 4) is 0 Å². The van der Waals surface area contributed by atoms with E-state index in [0.29, 0.717) is 5.02 Å². The average Bonchev–Trinajstić information content (AvgIpc) is 2.74. The predicted octanol–water partition coefficient (Wildman–Crippen LogP) is 3.56. The third-order valence-corrected chi connectivity index (χ3v) is 4.03. The van der Waals surface area contributed by atoms with Crippen molar-refractivity contribution < 1.29 is 9.18 Å². The molecular formula is C11H10ClFOS. The molecule has 1 fully saturated rings. The lowest BCUT2D eigenvalue weighted by Gasteiger charge is -2.08. The molecule has 15 heavy (non-hydrogen) atoms. The number of ketones is 1. The third-order valence-electron chi connectivity index (χ3n) is 2.42. The molecule has 0 spiro atoms. The Hall–Kier alpha value is -0.540. The Balaban J connectivity index is 2.27. The minimum atomic E-state index is -0.475. The third kappa shape index (κ3) is 2.34. The fraction of sp³-hybridized carbons (Fsp3) is 0.364. The summed E-state index contributed by atoms with van der Waals surface area (Å²) in [5.41, 5.74) is 0.127. The Morgan fingerprint density at radius 2 is 2.33 bits per heavy atom. The first kappa shape index (κ1) is 11.0. The van der Waals surface area contributed by atoms with Crippen molar-refractivity contribution >= 4 is 29.1 Å². The molecule has 2 rings (SSSR count). The molecule has 1 unspecified atom stereocenters. The summed E-state index contributed by atoms with van der Waals surface area (Å²) >= 11 is 7.34. The van der Waals surface area contributed by atoms with Gasteiger partial charge in [-0.1, -0.05) is 11.6 Å². The highest BCUT2D eigenvalue weighted by molar-refractivity contribution is 8.00. The quantitative estimate of drug-likeness (QED) is 0.740. The number of carbonyl (C=O) groups is 1. The zero-order chi connectivity index (χ0) is 10.8. The molecule has 0 aliphatic carbocycles. The van der Waals surface area contributed by atoms with Crippen LogP contribution < -0.4 is 0 Å². The van der Waals surface area contributed by atoms with Crippen LogP contribution in [0.2, 0.25) is 5.02 Å². The Bertz CT molecular complexity index is 388. The van der Waals surface area contributed by atoms with Crippen molar-refractivity contribution in [2.75, 3.05) is 5.75 Å². The first-order valence-electron chi connectivity index (χ1n) is 4.79. The first-order valence-corrected chi connectivity index (χ1v) is 6.22. The Morgan fingerprint density at radius 1 is 1.53 bits per heavy atom. The van der Waals surface area contributed by atoms with Gasteiger partial charge < -0.3 is 0 Å². The van der Waals surface area contributed by atoms with Crippen LogP contribution in [0.15, 0.2) is 18.2 Å². The summed E-state index contributed by atoms with van der Waals surface area (Å²) in [7, 11) is 0. The van der Waals surface area contributed by atoms with Gasteiger partial charge in [-0.05, 0) is 36.8 Å². The molecule has 0 N–H and O–H groups in total. The smallest absolute Gasteiger partial charge is 0.178 e. The lowest BCUT2D eigenvalue weighted by Crippen LogP contribution is -2.15. The van der Waals surface area contributed by atoms with Gasteiger partial charge in [0, 0.05) is 5.02 Å². The van der Waals surface area contributed by atoms with Crippen LogP contribution in [-0.2, 0) is 0 Å². The molecule has 1 heterocycles. The van der Waals surface area contributed by atoms with E-state index in [-0.39, 0.29) is 16.6 Å². The van der Waals surface area contributed by atoms with Crippen LogP contribution in [0.3, 0.4) is 0 Å². The van der Waals surface area contributed by atoms with E-state index in [4.69, 9.17) is 11.6 Å². The molecule has 1 aliphatic rings. The Kier molecular flexibility index (Phi) is 3.32. The van der Waals surface area contributed by atoms with Gasteiger partial charge in [-0.3, -0.25) is 4.79 Å². The van der Waals surface area contributed by atoms with Crippen LogP contribution in [-0.4, -0.2) is 16.8 Å². The van der Waals surface area contributed by atoms with Gasteiger partial charge in [-0.25, -0.2) is 4.39 Å². The highest BCUT2D eigenvalue weighted by Gasteiger charge is 2.26. The number of benzene rings is 1. The maximum absolute atomic E-state index is 13.4. The van der Waals surface area contributed by atoms with Crippen molar-refractivity contribution in [3.63, 3.8) is 0 Å². The number of Topliss-reactive ketones (excluding diaryl/α,β-unsaturated/α-hetero) is 1. The van der Waals surface area contributed by atoms with Crippen LogP contribution in [0.25, 0.3) is 0 Å². The van der Waals surface area contributed by atoms with Crippen molar-refractivity contribution in [2.45, 2.75) is 18.1 Å². The van der Waals surface area contributed by atoms with Gasteiger partial charge in [-0.2, -0.15) is 11.8 Å². The molecule has 0 saturated carbocycles. The Labute approximate surface area is 97.0 Å². The fourth-order valence-corrected chi connectivity index (χ4v) is 3.05. The minimum Gasteiger partial charge on any atom is -0.293 e. The number of carbonyl (C=O) groups excluding carboxylic acids is 1. The fourth-order valence-electron chi connectivity index (χ4n) is 1.64. The SMILES string of the molecule is O=C(c1cc(Cl)ccc1F)C1CCCS1.